The van der Waals surface area contributed by atoms with Gasteiger partial charge in [0.25, 0.3) is 5.91 Å². The number of hydrogen-bond donors (Lipinski definition) is 2. The third-order valence-corrected chi connectivity index (χ3v) is 5.08. The van der Waals surface area contributed by atoms with Crippen LogP contribution in [0.25, 0.3) is 0 Å². The number of ether oxygens (including phenoxy) is 1. The predicted molar refractivity (Wildman–Crippen MR) is 109 cm³/mol. The van der Waals surface area contributed by atoms with E-state index in [4.69, 9.17) is 22.1 Å². The van der Waals surface area contributed by atoms with E-state index in [1.807, 2.05) is 0 Å². The van der Waals surface area contributed by atoms with Crippen molar-refractivity contribution >= 4 is 40.2 Å². The van der Waals surface area contributed by atoms with E-state index in [9.17, 15) is 9.18 Å². The van der Waals surface area contributed by atoms with Crippen molar-refractivity contribution in [1.82, 2.24) is 10.4 Å². The minimum absolute atomic E-state index is 0.0396. The van der Waals surface area contributed by atoms with Crippen molar-refractivity contribution in [2.45, 2.75) is 13.5 Å². The van der Waals surface area contributed by atoms with Gasteiger partial charge in [0.2, 0.25) is 0 Å². The summed E-state index contributed by atoms with van der Waals surface area (Å²) in [6.45, 7) is 1.66. The van der Waals surface area contributed by atoms with Gasteiger partial charge in [0.15, 0.2) is 5.13 Å². The number of carbonyl (C=O) groups excluding carboxylic acids is 1. The molecule has 0 bridgehead atoms. The fraction of sp³-hybridized carbons (Fsp3) is 0.105. The topological polar surface area (TPSA) is 89.6 Å². The monoisotopic (exact) mass is 418 g/mol. The molecule has 0 aliphatic heterocycles. The number of halogens is 2. The SMILES string of the molecule is Cc1nc(N)sc1C(=O)N/N=C\c1ccccc1OCc1c(F)cccc1Cl. The first-order valence-corrected chi connectivity index (χ1v) is 9.36. The van der Waals surface area contributed by atoms with E-state index < -0.39 is 11.7 Å². The van der Waals surface area contributed by atoms with Crippen LogP contribution in [0.2, 0.25) is 5.02 Å². The molecule has 3 aromatic rings. The third kappa shape index (κ3) is 4.65. The molecule has 0 spiro atoms. The van der Waals surface area contributed by atoms with Crippen LogP contribution in [0.5, 0.6) is 5.75 Å². The van der Waals surface area contributed by atoms with Crippen LogP contribution in [0.4, 0.5) is 9.52 Å². The molecule has 0 saturated heterocycles. The van der Waals surface area contributed by atoms with Crippen LogP contribution in [-0.2, 0) is 6.61 Å². The number of thiazole rings is 1. The number of carbonyl (C=O) groups is 1. The van der Waals surface area contributed by atoms with E-state index in [1.165, 1.54) is 18.3 Å². The molecule has 2 aromatic carbocycles. The number of aromatic nitrogens is 1. The number of nitrogens with one attached hydrogen (secondary N) is 1. The normalized spacial score (nSPS) is 11.0. The van der Waals surface area contributed by atoms with Crippen LogP contribution in [0, 0.1) is 12.7 Å². The standard InChI is InChI=1S/C19H16ClFN4O2S/c1-11-17(28-19(22)24-11)18(26)25-23-9-12-5-2-3-8-16(12)27-10-13-14(20)6-4-7-15(13)21/h2-9H,10H2,1H3,(H2,22,24)(H,25,26)/b23-9-. The van der Waals surface area contributed by atoms with E-state index >= 15 is 0 Å². The van der Waals surface area contributed by atoms with Crippen molar-refractivity contribution in [3.8, 4) is 5.75 Å². The van der Waals surface area contributed by atoms with Crippen LogP contribution in [0.1, 0.15) is 26.5 Å². The Morgan fingerprint density at radius 1 is 1.36 bits per heavy atom. The number of nitrogens with zero attached hydrogens (tertiary/aromatic N) is 2. The Morgan fingerprint density at radius 3 is 2.86 bits per heavy atom. The Hall–Kier alpha value is -2.97. The molecule has 28 heavy (non-hydrogen) atoms. The van der Waals surface area contributed by atoms with Gasteiger partial charge < -0.3 is 10.5 Å². The van der Waals surface area contributed by atoms with Crippen LogP contribution >= 0.6 is 22.9 Å². The summed E-state index contributed by atoms with van der Waals surface area (Å²) in [7, 11) is 0. The predicted octanol–water partition coefficient (Wildman–Crippen LogP) is 4.17. The maximum atomic E-state index is 13.9. The van der Waals surface area contributed by atoms with Gasteiger partial charge in [0.1, 0.15) is 23.1 Å². The fourth-order valence-corrected chi connectivity index (χ4v) is 3.32. The molecule has 1 heterocycles. The van der Waals surface area contributed by atoms with E-state index in [-0.39, 0.29) is 17.2 Å². The third-order valence-electron chi connectivity index (χ3n) is 3.74. The summed E-state index contributed by atoms with van der Waals surface area (Å²) < 4.78 is 19.6. The number of anilines is 1. The second-order valence-electron chi connectivity index (χ2n) is 5.69. The molecule has 0 atom stereocenters. The second-order valence-corrected chi connectivity index (χ2v) is 7.13. The molecule has 0 radical (unpaired) electrons. The van der Waals surface area contributed by atoms with Crippen molar-refractivity contribution < 1.29 is 13.9 Å². The van der Waals surface area contributed by atoms with Gasteiger partial charge in [-0.25, -0.2) is 14.8 Å². The fourth-order valence-electron chi connectivity index (χ4n) is 2.38. The lowest BCUT2D eigenvalue weighted by atomic mass is 10.2. The minimum atomic E-state index is -0.440. The number of para-hydroxylation sites is 1. The largest absolute Gasteiger partial charge is 0.488 e. The molecule has 3 rings (SSSR count). The van der Waals surface area contributed by atoms with Gasteiger partial charge in [-0.05, 0) is 31.2 Å². The van der Waals surface area contributed by atoms with Gasteiger partial charge in [-0.15, -0.1) is 0 Å². The quantitative estimate of drug-likeness (QED) is 0.464. The maximum Gasteiger partial charge on any atom is 0.283 e. The molecule has 1 amide bonds. The first kappa shape index (κ1) is 19.8. The first-order valence-electron chi connectivity index (χ1n) is 8.16. The lowest BCUT2D eigenvalue weighted by Crippen LogP contribution is -2.17. The van der Waals surface area contributed by atoms with E-state index in [1.54, 1.807) is 37.3 Å². The summed E-state index contributed by atoms with van der Waals surface area (Å²) >= 11 is 7.11. The van der Waals surface area contributed by atoms with Gasteiger partial charge in [-0.1, -0.05) is 41.1 Å². The summed E-state index contributed by atoms with van der Waals surface area (Å²) in [6.07, 6.45) is 1.44. The molecule has 144 valence electrons. The van der Waals surface area contributed by atoms with E-state index in [2.05, 4.69) is 15.5 Å². The highest BCUT2D eigenvalue weighted by Gasteiger charge is 2.13. The Morgan fingerprint density at radius 2 is 2.14 bits per heavy atom. The van der Waals surface area contributed by atoms with Gasteiger partial charge in [0.05, 0.1) is 16.9 Å². The Bertz CT molecular complexity index is 1020. The zero-order valence-electron chi connectivity index (χ0n) is 14.8. The van der Waals surface area contributed by atoms with E-state index in [0.29, 0.717) is 27.0 Å². The number of nitrogens with two attached hydrogens (primary N) is 1. The van der Waals surface area contributed by atoms with Gasteiger partial charge in [-0.3, -0.25) is 4.79 Å². The van der Waals surface area contributed by atoms with Crippen molar-refractivity contribution in [3.05, 3.63) is 75.0 Å². The summed E-state index contributed by atoms with van der Waals surface area (Å²) in [6, 6.07) is 11.5. The number of nitrogen functional groups attached to an aromatic ring is 1. The molecule has 1 aromatic heterocycles. The summed E-state index contributed by atoms with van der Waals surface area (Å²) in [5, 5.41) is 4.56. The first-order chi connectivity index (χ1) is 13.5. The zero-order valence-corrected chi connectivity index (χ0v) is 16.4. The summed E-state index contributed by atoms with van der Waals surface area (Å²) in [5.41, 5.74) is 9.44. The second kappa shape index (κ2) is 8.81. The molecule has 0 fully saturated rings. The molecule has 0 aliphatic rings. The average Bonchev–Trinajstić information content (AvgIpc) is 3.00. The maximum absolute atomic E-state index is 13.9. The smallest absolute Gasteiger partial charge is 0.283 e. The number of rotatable bonds is 6. The molecule has 3 N–H and O–H groups in total. The van der Waals surface area contributed by atoms with Crippen molar-refractivity contribution in [3.63, 3.8) is 0 Å². The number of aryl methyl sites for hydroxylation is 1. The molecule has 9 heteroatoms. The highest BCUT2D eigenvalue weighted by molar-refractivity contribution is 7.17. The molecular formula is C19H16ClFN4O2S. The number of hydrogen-bond acceptors (Lipinski definition) is 6. The highest BCUT2D eigenvalue weighted by atomic mass is 35.5. The Labute approximate surface area is 169 Å². The van der Waals surface area contributed by atoms with Crippen molar-refractivity contribution in [2.24, 2.45) is 5.10 Å². The Balaban J connectivity index is 1.69. The van der Waals surface area contributed by atoms with Crippen molar-refractivity contribution in [1.29, 1.82) is 0 Å². The molecule has 0 aliphatic carbocycles. The van der Waals surface area contributed by atoms with Crippen molar-refractivity contribution in [2.75, 3.05) is 5.73 Å². The average molecular weight is 419 g/mol. The van der Waals surface area contributed by atoms with Gasteiger partial charge >= 0.3 is 0 Å². The van der Waals surface area contributed by atoms with Gasteiger partial charge in [-0.2, -0.15) is 5.10 Å². The lowest BCUT2D eigenvalue weighted by Gasteiger charge is -2.10. The van der Waals surface area contributed by atoms with Crippen LogP contribution < -0.4 is 15.9 Å². The number of hydrazone groups is 1. The molecule has 0 unspecified atom stereocenters. The van der Waals surface area contributed by atoms with Crippen LogP contribution in [-0.4, -0.2) is 17.1 Å². The summed E-state index contributed by atoms with van der Waals surface area (Å²) in [5.74, 6) is -0.373. The highest BCUT2D eigenvalue weighted by Crippen LogP contribution is 2.23. The van der Waals surface area contributed by atoms with Gasteiger partial charge in [0, 0.05) is 11.1 Å². The lowest BCUT2D eigenvalue weighted by molar-refractivity contribution is 0.0958. The molecule has 6 nitrogen and oxygen atoms in total. The molecule has 0 saturated carbocycles. The minimum Gasteiger partial charge on any atom is -0.488 e. The van der Waals surface area contributed by atoms with E-state index in [0.717, 1.165) is 11.3 Å². The number of benzene rings is 2. The molecular weight excluding hydrogens is 403 g/mol. The summed E-state index contributed by atoms with van der Waals surface area (Å²) in [4.78, 5) is 16.5. The zero-order chi connectivity index (χ0) is 20.1. The van der Waals surface area contributed by atoms with Crippen LogP contribution in [0.15, 0.2) is 47.6 Å². The van der Waals surface area contributed by atoms with Crippen LogP contribution in [0.3, 0.4) is 0 Å². The Kier molecular flexibility index (Phi) is 6.23. The number of amides is 1.